The first kappa shape index (κ1) is 19.8. The Balaban J connectivity index is 1.41. The van der Waals surface area contributed by atoms with Gasteiger partial charge in [0.05, 0.1) is 22.0 Å². The van der Waals surface area contributed by atoms with E-state index in [2.05, 4.69) is 10.5 Å². The molecule has 0 aliphatic carbocycles. The fourth-order valence-electron chi connectivity index (χ4n) is 4.17. The molecule has 0 aliphatic heterocycles. The summed E-state index contributed by atoms with van der Waals surface area (Å²) in [5, 5.41) is 16.6. The average Bonchev–Trinajstić information content (AvgIpc) is 3.56. The van der Waals surface area contributed by atoms with Gasteiger partial charge >= 0.3 is 0 Å². The first-order valence-electron chi connectivity index (χ1n) is 10.9. The Labute approximate surface area is 194 Å². The van der Waals surface area contributed by atoms with Crippen LogP contribution in [-0.4, -0.2) is 24.7 Å². The lowest BCUT2D eigenvalue weighted by molar-refractivity contribution is -0.385. The highest BCUT2D eigenvalue weighted by atomic mass is 16.6. The molecule has 0 amide bonds. The number of rotatable bonds is 7. The molecule has 0 aliphatic rings. The summed E-state index contributed by atoms with van der Waals surface area (Å²) < 4.78 is 3.92. The lowest BCUT2D eigenvalue weighted by Gasteiger charge is -2.10. The number of fused-ring (bicyclic) bond motifs is 4. The van der Waals surface area contributed by atoms with Crippen LogP contribution >= 0.6 is 0 Å². The van der Waals surface area contributed by atoms with E-state index in [1.807, 2.05) is 111 Å². The number of hydrogen-bond acceptors (Lipinski definition) is 4. The van der Waals surface area contributed by atoms with E-state index in [4.69, 9.17) is 0 Å². The Kier molecular flexibility index (Phi) is 4.62. The lowest BCUT2D eigenvalue weighted by Crippen LogP contribution is -2.10. The number of hydrogen-bond donors (Lipinski definition) is 1. The van der Waals surface area contributed by atoms with Gasteiger partial charge in [0, 0.05) is 18.1 Å². The van der Waals surface area contributed by atoms with Crippen molar-refractivity contribution in [3.63, 3.8) is 0 Å². The minimum atomic E-state index is -0.318. The van der Waals surface area contributed by atoms with Crippen LogP contribution in [0, 0.1) is 10.1 Å². The van der Waals surface area contributed by atoms with Gasteiger partial charge in [-0.05, 0) is 35.9 Å². The summed E-state index contributed by atoms with van der Waals surface area (Å²) in [5.41, 5.74) is 9.01. The van der Waals surface area contributed by atoms with Crippen molar-refractivity contribution in [1.82, 2.24) is 14.1 Å². The van der Waals surface area contributed by atoms with Gasteiger partial charge in [0.25, 0.3) is 5.69 Å². The van der Waals surface area contributed by atoms with Gasteiger partial charge in [-0.25, -0.2) is 0 Å². The molecule has 1 N–H and O–H groups in total. The molecule has 6 rings (SSSR count). The zero-order valence-corrected chi connectivity index (χ0v) is 18.1. The molecule has 6 aromatic rings. The van der Waals surface area contributed by atoms with E-state index in [0.717, 1.165) is 33.7 Å². The summed E-state index contributed by atoms with van der Waals surface area (Å²) >= 11 is 0. The maximum Gasteiger partial charge on any atom is 0.275 e. The summed E-state index contributed by atoms with van der Waals surface area (Å²) in [5.74, 6) is 0. The van der Waals surface area contributed by atoms with Crippen molar-refractivity contribution >= 4 is 28.1 Å². The number of nitrogens with one attached hydrogen (secondary N) is 1. The molecule has 0 fully saturated rings. The van der Waals surface area contributed by atoms with Crippen LogP contribution in [0.2, 0.25) is 0 Å². The van der Waals surface area contributed by atoms with E-state index in [1.54, 1.807) is 6.07 Å². The van der Waals surface area contributed by atoms with Gasteiger partial charge in [-0.15, -0.1) is 9.26 Å². The molecule has 0 saturated heterocycles. The number of hydrazone groups is 1. The Hall–Kier alpha value is -4.85. The number of benzene rings is 4. The monoisotopic (exact) mass is 448 g/mol. The van der Waals surface area contributed by atoms with E-state index in [1.165, 1.54) is 0 Å². The number of nitro benzene ring substituents is 1. The highest BCUT2D eigenvalue weighted by Crippen LogP contribution is 2.33. The smallest absolute Gasteiger partial charge is 0.275 e. The van der Waals surface area contributed by atoms with Gasteiger partial charge in [-0.2, -0.15) is 9.90 Å². The standard InChI is InChI=1S/C26H20N6O2/c33-32(34)24-18-26-25(30-29(31(26)30)22-14-8-3-9-15-22)17-20(24)16-23(19-10-4-1-5-11-19)28-27-21-12-6-2-7-13-21/h1-15,17-18,27H,16H2/b28-23+. The van der Waals surface area contributed by atoms with Gasteiger partial charge in [0.15, 0.2) is 0 Å². The molecule has 166 valence electrons. The highest BCUT2D eigenvalue weighted by Gasteiger charge is 2.28. The second-order valence-corrected chi connectivity index (χ2v) is 8.01. The number of nitro groups is 1. The van der Waals surface area contributed by atoms with Crippen LogP contribution in [0.1, 0.15) is 11.1 Å². The predicted molar refractivity (Wildman–Crippen MR) is 132 cm³/mol. The van der Waals surface area contributed by atoms with Crippen LogP contribution in [0.15, 0.2) is 108 Å². The Bertz CT molecular complexity index is 1610. The molecule has 0 spiro atoms. The highest BCUT2D eigenvalue weighted by molar-refractivity contribution is 6.03. The van der Waals surface area contributed by atoms with Gasteiger partial charge in [-0.1, -0.05) is 66.7 Å². The van der Waals surface area contributed by atoms with Crippen LogP contribution in [0.25, 0.3) is 16.7 Å². The second-order valence-electron chi connectivity index (χ2n) is 8.01. The van der Waals surface area contributed by atoms with Gasteiger partial charge in [0.1, 0.15) is 11.0 Å². The zero-order chi connectivity index (χ0) is 23.1. The van der Waals surface area contributed by atoms with Crippen LogP contribution in [0.5, 0.6) is 0 Å². The fourth-order valence-corrected chi connectivity index (χ4v) is 4.17. The van der Waals surface area contributed by atoms with E-state index >= 15 is 0 Å². The minimum absolute atomic E-state index is 0.0849. The number of nitrogens with zero attached hydrogens (tertiary/aromatic N) is 5. The van der Waals surface area contributed by atoms with Crippen LogP contribution in [0.3, 0.4) is 0 Å². The normalized spacial score (nSPS) is 12.1. The number of para-hydroxylation sites is 2. The van der Waals surface area contributed by atoms with E-state index in [-0.39, 0.29) is 10.6 Å². The van der Waals surface area contributed by atoms with Crippen LogP contribution in [0.4, 0.5) is 11.4 Å². The molecule has 0 radical (unpaired) electrons. The Morgan fingerprint density at radius 3 is 2.06 bits per heavy atom. The van der Waals surface area contributed by atoms with Crippen molar-refractivity contribution < 1.29 is 4.92 Å². The lowest BCUT2D eigenvalue weighted by atomic mass is 10.00. The SMILES string of the molecule is O=[N+]([O-])c1cc2c(cc1C/C(=N\Nc1ccccc1)c1ccccc1)n1n(-c3ccccc3)n21. The molecule has 0 unspecified atom stereocenters. The van der Waals surface area contributed by atoms with Gasteiger partial charge < -0.3 is 0 Å². The molecule has 8 nitrogen and oxygen atoms in total. The van der Waals surface area contributed by atoms with Crippen molar-refractivity contribution in [3.05, 3.63) is 124 Å². The maximum atomic E-state index is 12.0. The number of anilines is 1. The summed E-state index contributed by atoms with van der Waals surface area (Å²) in [6.45, 7) is 0. The van der Waals surface area contributed by atoms with Crippen molar-refractivity contribution in [2.75, 3.05) is 5.43 Å². The third kappa shape index (κ3) is 3.38. The van der Waals surface area contributed by atoms with Crippen LogP contribution < -0.4 is 5.43 Å². The van der Waals surface area contributed by atoms with Crippen molar-refractivity contribution in [3.8, 4) is 5.69 Å². The third-order valence-electron chi connectivity index (χ3n) is 5.86. The van der Waals surface area contributed by atoms with E-state index in [9.17, 15) is 10.1 Å². The molecule has 34 heavy (non-hydrogen) atoms. The quantitative estimate of drug-likeness (QED) is 0.202. The Morgan fingerprint density at radius 2 is 1.41 bits per heavy atom. The number of aromatic nitrogens is 3. The molecular formula is C26H20N6O2. The predicted octanol–water partition coefficient (Wildman–Crippen LogP) is 5.39. The molecule has 0 saturated carbocycles. The molecule has 4 aromatic carbocycles. The first-order valence-corrected chi connectivity index (χ1v) is 10.9. The summed E-state index contributed by atoms with van der Waals surface area (Å²) in [6, 6.07) is 32.8. The molecular weight excluding hydrogens is 428 g/mol. The van der Waals surface area contributed by atoms with Crippen molar-refractivity contribution in [2.24, 2.45) is 5.10 Å². The van der Waals surface area contributed by atoms with E-state index < -0.39 is 0 Å². The average molecular weight is 448 g/mol. The van der Waals surface area contributed by atoms with Crippen molar-refractivity contribution in [2.45, 2.75) is 6.42 Å². The molecule has 2 heterocycles. The maximum absolute atomic E-state index is 12.0. The summed E-state index contributed by atoms with van der Waals surface area (Å²) in [7, 11) is 0. The van der Waals surface area contributed by atoms with Crippen LogP contribution in [-0.2, 0) is 6.42 Å². The summed E-state index contributed by atoms with van der Waals surface area (Å²) in [4.78, 5) is 13.7. The third-order valence-corrected chi connectivity index (χ3v) is 5.86. The zero-order valence-electron chi connectivity index (χ0n) is 18.1. The van der Waals surface area contributed by atoms with Gasteiger partial charge in [-0.3, -0.25) is 15.5 Å². The fraction of sp³-hybridized carbons (Fsp3) is 0.0385. The largest absolute Gasteiger partial charge is 0.278 e. The van der Waals surface area contributed by atoms with Gasteiger partial charge in [0.2, 0.25) is 0 Å². The molecule has 0 atom stereocenters. The Morgan fingerprint density at radius 1 is 0.824 bits per heavy atom. The minimum Gasteiger partial charge on any atom is -0.278 e. The molecule has 2 aromatic heterocycles. The molecule has 0 bridgehead atoms. The summed E-state index contributed by atoms with van der Waals surface area (Å²) in [6.07, 6.45) is 0.312. The molecule has 8 heteroatoms. The first-order chi connectivity index (χ1) is 16.7. The van der Waals surface area contributed by atoms with E-state index in [0.29, 0.717) is 12.0 Å². The topological polar surface area (TPSA) is 81.3 Å². The van der Waals surface area contributed by atoms with Crippen molar-refractivity contribution in [1.29, 1.82) is 0 Å². The second kappa shape index (κ2) is 7.93.